The van der Waals surface area contributed by atoms with Crippen LogP contribution in [0.15, 0.2) is 18.2 Å². The zero-order chi connectivity index (χ0) is 21.4. The lowest BCUT2D eigenvalue weighted by Gasteiger charge is -2.31. The molecule has 0 aliphatic heterocycles. The van der Waals surface area contributed by atoms with Gasteiger partial charge in [-0.3, -0.25) is 0 Å². The maximum absolute atomic E-state index is 12.7. The van der Waals surface area contributed by atoms with Crippen LogP contribution in [0.5, 0.6) is 0 Å². The normalized spacial score (nSPS) is 11.9. The van der Waals surface area contributed by atoms with Crippen molar-refractivity contribution in [2.75, 3.05) is 24.3 Å². The largest absolute Gasteiger partial charge is 0.377 e. The van der Waals surface area contributed by atoms with Crippen LogP contribution in [0.25, 0.3) is 0 Å². The monoisotopic (exact) mass is 391 g/mol. The molecule has 1 rings (SSSR count). The Bertz CT molecular complexity index is 658. The van der Waals surface area contributed by atoms with E-state index in [0.717, 1.165) is 17.7 Å². The lowest BCUT2D eigenvalue weighted by molar-refractivity contribution is 0.171. The van der Waals surface area contributed by atoms with E-state index in [2.05, 4.69) is 22.9 Å². The van der Waals surface area contributed by atoms with E-state index in [1.165, 1.54) is 0 Å². The van der Waals surface area contributed by atoms with Gasteiger partial charge in [-0.2, -0.15) is 0 Å². The molecule has 0 aromatic heterocycles. The van der Waals surface area contributed by atoms with Gasteiger partial charge in [0, 0.05) is 50.1 Å². The summed E-state index contributed by atoms with van der Waals surface area (Å²) < 4.78 is 0. The molecule has 0 heterocycles. The molecular formula is C21H37N5O2. The maximum Gasteiger partial charge on any atom is 0.319 e. The summed E-state index contributed by atoms with van der Waals surface area (Å²) in [5.41, 5.74) is 2.69. The summed E-state index contributed by atoms with van der Waals surface area (Å²) in [4.78, 5) is 28.7. The average molecular weight is 392 g/mol. The van der Waals surface area contributed by atoms with Gasteiger partial charge in [-0.05, 0) is 64.8 Å². The van der Waals surface area contributed by atoms with Crippen LogP contribution in [-0.4, -0.2) is 49.2 Å². The minimum absolute atomic E-state index is 0.0566. The molecule has 0 fully saturated rings. The second kappa shape index (κ2) is 10.8. The molecule has 0 spiro atoms. The molecule has 0 saturated carbocycles. The Morgan fingerprint density at radius 2 is 1.61 bits per heavy atom. The first-order chi connectivity index (χ1) is 13.0. The Morgan fingerprint density at radius 3 is 2.11 bits per heavy atom. The molecule has 4 amide bonds. The first-order valence-corrected chi connectivity index (χ1v) is 10.00. The van der Waals surface area contributed by atoms with Crippen molar-refractivity contribution in [3.63, 3.8) is 0 Å². The number of benzene rings is 1. The molecule has 0 saturated heterocycles. The highest BCUT2D eigenvalue weighted by atomic mass is 16.2. The Morgan fingerprint density at radius 1 is 1.00 bits per heavy atom. The minimum atomic E-state index is -0.241. The summed E-state index contributed by atoms with van der Waals surface area (Å²) >= 11 is 0. The highest BCUT2D eigenvalue weighted by molar-refractivity contribution is 5.90. The smallest absolute Gasteiger partial charge is 0.319 e. The van der Waals surface area contributed by atoms with E-state index in [-0.39, 0.29) is 30.2 Å². The van der Waals surface area contributed by atoms with E-state index in [1.807, 2.05) is 76.7 Å². The molecule has 0 bridgehead atoms. The third kappa shape index (κ3) is 7.29. The third-order valence-electron chi connectivity index (χ3n) is 4.38. The van der Waals surface area contributed by atoms with Crippen molar-refractivity contribution in [3.8, 4) is 0 Å². The molecule has 3 N–H and O–H groups in total. The van der Waals surface area contributed by atoms with Crippen molar-refractivity contribution in [1.82, 2.24) is 15.5 Å². The summed E-state index contributed by atoms with van der Waals surface area (Å²) in [5.74, 6) is 0. The maximum atomic E-state index is 12.7. The number of carbonyl (C=O) groups is 2. The van der Waals surface area contributed by atoms with E-state index in [0.29, 0.717) is 12.2 Å². The lowest BCUT2D eigenvalue weighted by Crippen LogP contribution is -2.46. The molecule has 7 heteroatoms. The topological polar surface area (TPSA) is 76.7 Å². The highest BCUT2D eigenvalue weighted by Gasteiger charge is 2.22. The van der Waals surface area contributed by atoms with Crippen LogP contribution in [0, 0.1) is 0 Å². The van der Waals surface area contributed by atoms with Gasteiger partial charge in [0.1, 0.15) is 0 Å². The number of anilines is 2. The lowest BCUT2D eigenvalue weighted by atomic mass is 10.1. The standard InChI is InChI=1S/C21H37N5O2/c1-9-16(6)26(21(28)23-15(4)5)13-17-12-18(10-11-19(17)25(7)8)24-20(27)22-14(2)3/h10-12,14-16H,9,13H2,1-8H3,(H,23,28)(H2,22,24,27). The second-order valence-corrected chi connectivity index (χ2v) is 7.98. The van der Waals surface area contributed by atoms with Crippen LogP contribution < -0.4 is 20.9 Å². The first kappa shape index (κ1) is 23.6. The molecule has 1 atom stereocenters. The van der Waals surface area contributed by atoms with Gasteiger partial charge in [-0.15, -0.1) is 0 Å². The number of amides is 4. The van der Waals surface area contributed by atoms with E-state index in [9.17, 15) is 9.59 Å². The van der Waals surface area contributed by atoms with Crippen LogP contribution in [0.3, 0.4) is 0 Å². The summed E-state index contributed by atoms with van der Waals surface area (Å²) in [6, 6.07) is 5.68. The van der Waals surface area contributed by atoms with Crippen LogP contribution in [-0.2, 0) is 6.54 Å². The number of carbonyl (C=O) groups excluding carboxylic acids is 2. The van der Waals surface area contributed by atoms with Gasteiger partial charge in [0.15, 0.2) is 0 Å². The fourth-order valence-electron chi connectivity index (χ4n) is 2.82. The number of urea groups is 2. The third-order valence-corrected chi connectivity index (χ3v) is 4.38. The van der Waals surface area contributed by atoms with Gasteiger partial charge in [0.05, 0.1) is 0 Å². The van der Waals surface area contributed by atoms with Crippen molar-refractivity contribution in [2.24, 2.45) is 0 Å². The van der Waals surface area contributed by atoms with Gasteiger partial charge in [-0.1, -0.05) is 6.92 Å². The van der Waals surface area contributed by atoms with Crippen LogP contribution in [0.4, 0.5) is 21.0 Å². The van der Waals surface area contributed by atoms with Crippen LogP contribution >= 0.6 is 0 Å². The van der Waals surface area contributed by atoms with Gasteiger partial charge < -0.3 is 25.8 Å². The number of nitrogens with zero attached hydrogens (tertiary/aromatic N) is 2. The molecule has 0 aliphatic rings. The molecule has 158 valence electrons. The van der Waals surface area contributed by atoms with Gasteiger partial charge in [0.2, 0.25) is 0 Å². The fourth-order valence-corrected chi connectivity index (χ4v) is 2.82. The SMILES string of the molecule is CCC(C)N(Cc1cc(NC(=O)NC(C)C)ccc1N(C)C)C(=O)NC(C)C. The summed E-state index contributed by atoms with van der Waals surface area (Å²) in [5, 5.41) is 8.68. The number of nitrogens with one attached hydrogen (secondary N) is 3. The number of hydrogen-bond acceptors (Lipinski definition) is 3. The molecule has 1 aromatic carbocycles. The Kier molecular flexibility index (Phi) is 9.09. The summed E-state index contributed by atoms with van der Waals surface area (Å²) in [7, 11) is 3.94. The Balaban J connectivity index is 3.16. The number of rotatable bonds is 8. The quantitative estimate of drug-likeness (QED) is 0.627. The number of hydrogen-bond donors (Lipinski definition) is 3. The molecule has 28 heavy (non-hydrogen) atoms. The molecule has 1 unspecified atom stereocenters. The summed E-state index contributed by atoms with van der Waals surface area (Å²) in [6.45, 7) is 12.3. The fraction of sp³-hybridized carbons (Fsp3) is 0.619. The van der Waals surface area contributed by atoms with Crippen molar-refractivity contribution in [1.29, 1.82) is 0 Å². The first-order valence-electron chi connectivity index (χ1n) is 10.00. The van der Waals surface area contributed by atoms with Crippen molar-refractivity contribution >= 4 is 23.4 Å². The molecule has 7 nitrogen and oxygen atoms in total. The minimum Gasteiger partial charge on any atom is -0.377 e. The predicted molar refractivity (Wildman–Crippen MR) is 117 cm³/mol. The Hall–Kier alpha value is -2.44. The van der Waals surface area contributed by atoms with Crippen molar-refractivity contribution in [3.05, 3.63) is 23.8 Å². The van der Waals surface area contributed by atoms with Gasteiger partial charge in [0.25, 0.3) is 0 Å². The zero-order valence-corrected chi connectivity index (χ0v) is 18.6. The van der Waals surface area contributed by atoms with Crippen molar-refractivity contribution < 1.29 is 9.59 Å². The van der Waals surface area contributed by atoms with Crippen molar-refractivity contribution in [2.45, 2.75) is 72.6 Å². The van der Waals surface area contributed by atoms with Gasteiger partial charge in [-0.25, -0.2) is 9.59 Å². The molecular weight excluding hydrogens is 354 g/mol. The highest BCUT2D eigenvalue weighted by Crippen LogP contribution is 2.25. The Labute approximate surface area is 169 Å². The zero-order valence-electron chi connectivity index (χ0n) is 18.6. The predicted octanol–water partition coefficient (Wildman–Crippen LogP) is 4.00. The second-order valence-electron chi connectivity index (χ2n) is 7.98. The van der Waals surface area contributed by atoms with E-state index in [4.69, 9.17) is 0 Å². The molecule has 0 radical (unpaired) electrons. The molecule has 0 aliphatic carbocycles. The van der Waals surface area contributed by atoms with Crippen LogP contribution in [0.2, 0.25) is 0 Å². The van der Waals surface area contributed by atoms with E-state index >= 15 is 0 Å². The average Bonchev–Trinajstić information content (AvgIpc) is 2.57. The van der Waals surface area contributed by atoms with Crippen LogP contribution in [0.1, 0.15) is 53.5 Å². The molecule has 1 aromatic rings. The van der Waals surface area contributed by atoms with E-state index < -0.39 is 0 Å². The summed E-state index contributed by atoms with van der Waals surface area (Å²) in [6.07, 6.45) is 0.859. The van der Waals surface area contributed by atoms with Gasteiger partial charge >= 0.3 is 12.1 Å². The van der Waals surface area contributed by atoms with E-state index in [1.54, 1.807) is 0 Å².